The van der Waals surface area contributed by atoms with Crippen LogP contribution in [-0.4, -0.2) is 27.7 Å². The third-order valence-electron chi connectivity index (χ3n) is 8.10. The molecule has 0 bridgehead atoms. The van der Waals surface area contributed by atoms with Crippen molar-refractivity contribution < 1.29 is 21.9 Å². The van der Waals surface area contributed by atoms with E-state index in [9.17, 15) is 15.0 Å². The smallest absolute Gasteiger partial charge is 0.155 e. The van der Waals surface area contributed by atoms with Crippen LogP contribution in [0.4, 0.5) is 0 Å². The number of ketones is 1. The molecule has 2 N–H and O–H groups in total. The van der Waals surface area contributed by atoms with E-state index in [-0.39, 0.29) is 36.2 Å². The van der Waals surface area contributed by atoms with E-state index in [0.29, 0.717) is 25.7 Å². The lowest BCUT2D eigenvalue weighted by Crippen LogP contribution is -2.58. The molecule has 0 spiro atoms. The van der Waals surface area contributed by atoms with Crippen LogP contribution >= 0.6 is 0 Å². The molecule has 134 valence electrons. The van der Waals surface area contributed by atoms with E-state index in [1.165, 1.54) is 0 Å². The molecule has 0 aliphatic heterocycles. The van der Waals surface area contributed by atoms with Crippen molar-refractivity contribution in [2.24, 2.45) is 28.6 Å². The van der Waals surface area contributed by atoms with E-state index < -0.39 is 47.1 Å². The molecule has 0 aromatic heterocycles. The highest BCUT2D eigenvalue weighted by atomic mass is 16.3. The van der Waals surface area contributed by atoms with Crippen LogP contribution in [0.2, 0.25) is 0 Å². The average Bonchev–Trinajstić information content (AvgIpc) is 2.84. The standard InChI is InChI=1S/C21H32O3/c1-13(22)21(24)11-8-18-16-5-4-14-12-15(23)6-9-19(14,2)17(16)7-10-20(18,21)3/h12-13,16-18,22,24H,4-11H2,1-3H3/t13-,16+,17-,18-,19-,20-,21-/m0/s1/i4D2,6D2,12D. The number of aliphatic hydroxyl groups excluding tert-OH is 1. The molecule has 24 heavy (non-hydrogen) atoms. The fraction of sp³-hybridized carbons (Fsp3) is 0.857. The number of aliphatic hydroxyl groups is 2. The average molecular weight is 338 g/mol. The summed E-state index contributed by atoms with van der Waals surface area (Å²) in [7, 11) is 0. The maximum atomic E-state index is 12.4. The van der Waals surface area contributed by atoms with E-state index in [1.807, 2.05) is 13.8 Å². The molecule has 4 aliphatic rings. The summed E-state index contributed by atoms with van der Waals surface area (Å²) < 4.78 is 42.3. The number of allylic oxidation sites excluding steroid dienone is 1. The number of hydrogen-bond donors (Lipinski definition) is 2. The van der Waals surface area contributed by atoms with Gasteiger partial charge in [0, 0.05) is 17.3 Å². The predicted molar refractivity (Wildman–Crippen MR) is 93.3 cm³/mol. The summed E-state index contributed by atoms with van der Waals surface area (Å²) >= 11 is 0. The van der Waals surface area contributed by atoms with Crippen LogP contribution in [0.1, 0.15) is 78.9 Å². The normalized spacial score (nSPS) is 59.8. The van der Waals surface area contributed by atoms with E-state index >= 15 is 0 Å². The van der Waals surface area contributed by atoms with E-state index in [4.69, 9.17) is 6.85 Å². The van der Waals surface area contributed by atoms with Crippen LogP contribution in [0.15, 0.2) is 11.6 Å². The first kappa shape index (κ1) is 11.9. The molecule has 0 aromatic carbocycles. The lowest BCUT2D eigenvalue weighted by atomic mass is 9.46. The van der Waals surface area contributed by atoms with Crippen LogP contribution < -0.4 is 0 Å². The Morgan fingerprint density at radius 2 is 1.92 bits per heavy atom. The second-order valence-electron chi connectivity index (χ2n) is 8.95. The van der Waals surface area contributed by atoms with Gasteiger partial charge >= 0.3 is 0 Å². The molecule has 3 heteroatoms. The Morgan fingerprint density at radius 1 is 1.21 bits per heavy atom. The van der Waals surface area contributed by atoms with E-state index in [1.54, 1.807) is 6.92 Å². The summed E-state index contributed by atoms with van der Waals surface area (Å²) in [6.45, 7) is 5.47. The molecule has 0 heterocycles. The Balaban J connectivity index is 1.83. The Kier molecular flexibility index (Phi) is 2.55. The summed E-state index contributed by atoms with van der Waals surface area (Å²) in [5.74, 6) is -1.01. The number of fused-ring (bicyclic) bond motifs is 5. The van der Waals surface area contributed by atoms with Gasteiger partial charge in [-0.1, -0.05) is 19.4 Å². The first-order valence-corrected chi connectivity index (χ1v) is 9.29. The van der Waals surface area contributed by atoms with Gasteiger partial charge in [0.15, 0.2) is 5.78 Å². The zero-order valence-electron chi connectivity index (χ0n) is 19.9. The zero-order valence-corrected chi connectivity index (χ0v) is 14.9. The van der Waals surface area contributed by atoms with Crippen molar-refractivity contribution in [3.05, 3.63) is 11.6 Å². The van der Waals surface area contributed by atoms with Crippen LogP contribution in [0.5, 0.6) is 0 Å². The van der Waals surface area contributed by atoms with E-state index in [0.717, 1.165) is 0 Å². The molecule has 3 saturated carbocycles. The van der Waals surface area contributed by atoms with E-state index in [2.05, 4.69) is 0 Å². The van der Waals surface area contributed by atoms with Gasteiger partial charge in [-0.2, -0.15) is 0 Å². The van der Waals surface area contributed by atoms with Gasteiger partial charge in [0.05, 0.1) is 13.1 Å². The zero-order chi connectivity index (χ0) is 21.8. The lowest BCUT2D eigenvalue weighted by molar-refractivity contribution is -0.171. The third-order valence-corrected chi connectivity index (χ3v) is 8.10. The Labute approximate surface area is 152 Å². The topological polar surface area (TPSA) is 57.5 Å². The fourth-order valence-corrected chi connectivity index (χ4v) is 6.54. The number of carbonyl (C=O) groups excluding carboxylic acids is 1. The first-order chi connectivity index (χ1) is 13.1. The minimum atomic E-state index is -2.16. The Morgan fingerprint density at radius 3 is 2.62 bits per heavy atom. The van der Waals surface area contributed by atoms with Crippen molar-refractivity contribution >= 4 is 5.78 Å². The molecule has 0 aromatic rings. The molecule has 0 amide bonds. The van der Waals surface area contributed by atoms with Crippen molar-refractivity contribution in [1.29, 1.82) is 0 Å². The van der Waals surface area contributed by atoms with Gasteiger partial charge < -0.3 is 10.2 Å². The van der Waals surface area contributed by atoms with Gasteiger partial charge in [0.1, 0.15) is 0 Å². The molecule has 7 atom stereocenters. The first-order valence-electron chi connectivity index (χ1n) is 11.8. The third kappa shape index (κ3) is 1.94. The fourth-order valence-electron chi connectivity index (χ4n) is 6.54. The molecular weight excluding hydrogens is 300 g/mol. The summed E-state index contributed by atoms with van der Waals surface area (Å²) in [6.07, 6.45) is -2.31. The van der Waals surface area contributed by atoms with Gasteiger partial charge in [-0.05, 0) is 81.0 Å². The number of hydrogen-bond acceptors (Lipinski definition) is 3. The monoisotopic (exact) mass is 337 g/mol. The number of rotatable bonds is 1. The molecule has 3 nitrogen and oxygen atoms in total. The van der Waals surface area contributed by atoms with Gasteiger partial charge in [0.2, 0.25) is 0 Å². The Bertz CT molecular complexity index is 793. The quantitative estimate of drug-likeness (QED) is 0.768. The maximum absolute atomic E-state index is 12.4. The predicted octanol–water partition coefficient (Wildman–Crippen LogP) is 3.63. The molecule has 0 radical (unpaired) electrons. The highest BCUT2D eigenvalue weighted by Crippen LogP contribution is 2.67. The van der Waals surface area contributed by atoms with Crippen molar-refractivity contribution in [2.45, 2.75) is 83.7 Å². The van der Waals surface area contributed by atoms with Crippen molar-refractivity contribution in [2.75, 3.05) is 0 Å². The molecule has 0 saturated heterocycles. The van der Waals surface area contributed by atoms with Gasteiger partial charge in [0.25, 0.3) is 0 Å². The lowest BCUT2D eigenvalue weighted by Gasteiger charge is -2.59. The van der Waals surface area contributed by atoms with Crippen LogP contribution in [0.3, 0.4) is 0 Å². The van der Waals surface area contributed by atoms with Gasteiger partial charge in [-0.25, -0.2) is 0 Å². The highest BCUT2D eigenvalue weighted by Gasteiger charge is 2.65. The summed E-state index contributed by atoms with van der Waals surface area (Å²) in [5.41, 5.74) is -2.44. The van der Waals surface area contributed by atoms with Crippen molar-refractivity contribution in [1.82, 2.24) is 0 Å². The van der Waals surface area contributed by atoms with Crippen LogP contribution in [0, 0.1) is 28.6 Å². The van der Waals surface area contributed by atoms with Crippen LogP contribution in [0.25, 0.3) is 0 Å². The number of carbonyl (C=O) groups is 1. The molecule has 4 rings (SSSR count). The summed E-state index contributed by atoms with van der Waals surface area (Å²) in [5, 5.41) is 21.7. The molecular formula is C21H32O3. The Hall–Kier alpha value is -0.670. The second-order valence-corrected chi connectivity index (χ2v) is 8.95. The summed E-state index contributed by atoms with van der Waals surface area (Å²) in [6, 6.07) is -0.479. The maximum Gasteiger partial charge on any atom is 0.155 e. The van der Waals surface area contributed by atoms with Crippen molar-refractivity contribution in [3.63, 3.8) is 0 Å². The minimum absolute atomic E-state index is 0.0204. The second kappa shape index (κ2) is 5.17. The van der Waals surface area contributed by atoms with Gasteiger partial charge in [-0.3, -0.25) is 4.79 Å². The van der Waals surface area contributed by atoms with Crippen molar-refractivity contribution in [3.8, 4) is 0 Å². The van der Waals surface area contributed by atoms with Crippen LogP contribution in [-0.2, 0) is 4.79 Å². The highest BCUT2D eigenvalue weighted by molar-refractivity contribution is 5.91. The minimum Gasteiger partial charge on any atom is -0.390 e. The molecule has 4 aliphatic carbocycles. The summed E-state index contributed by atoms with van der Waals surface area (Å²) in [4.78, 5) is 12.4. The largest absolute Gasteiger partial charge is 0.390 e. The SMILES string of the molecule is [2H]C1=C2C([2H])([2H])C[C@@H]3[C@H](CC[C@@]4(C)[C@H]3CC[C@]4(O)[C@H](C)O)[C@@]2(C)CC([2H])([2H])C1=O. The van der Waals surface area contributed by atoms with Gasteiger partial charge in [-0.15, -0.1) is 0 Å². The molecule has 3 fully saturated rings. The molecule has 0 unspecified atom stereocenters.